The molecular formula is C15H13BrN4O3S. The quantitative estimate of drug-likeness (QED) is 0.346. The molecule has 0 saturated heterocycles. The van der Waals surface area contributed by atoms with Gasteiger partial charge in [0.05, 0.1) is 15.4 Å². The van der Waals surface area contributed by atoms with E-state index in [-0.39, 0.29) is 11.3 Å². The Bertz CT molecular complexity index is 833. The summed E-state index contributed by atoms with van der Waals surface area (Å²) in [7, 11) is 0. The summed E-state index contributed by atoms with van der Waals surface area (Å²) in [6, 6.07) is 10.2. The van der Waals surface area contributed by atoms with Gasteiger partial charge < -0.3 is 11.5 Å². The highest BCUT2D eigenvalue weighted by Crippen LogP contribution is 2.37. The largest absolute Gasteiger partial charge is 0.370 e. The van der Waals surface area contributed by atoms with Crippen LogP contribution >= 0.6 is 27.7 Å². The van der Waals surface area contributed by atoms with E-state index in [2.05, 4.69) is 20.9 Å². The van der Waals surface area contributed by atoms with Crippen LogP contribution in [0.15, 0.2) is 55.7 Å². The van der Waals surface area contributed by atoms with Crippen molar-refractivity contribution in [3.05, 3.63) is 62.1 Å². The van der Waals surface area contributed by atoms with E-state index in [1.54, 1.807) is 13.0 Å². The van der Waals surface area contributed by atoms with Crippen LogP contribution in [0.2, 0.25) is 0 Å². The number of amides is 1. The third-order valence-electron chi connectivity index (χ3n) is 3.01. The number of hydrogen-bond acceptors (Lipinski definition) is 4. The van der Waals surface area contributed by atoms with Crippen LogP contribution in [0.3, 0.4) is 0 Å². The number of carbonyl (C=O) groups is 1. The molecule has 1 amide bonds. The van der Waals surface area contributed by atoms with Crippen LogP contribution in [0.5, 0.6) is 0 Å². The Balaban J connectivity index is 2.47. The lowest BCUT2D eigenvalue weighted by Gasteiger charge is -2.08. The Hall–Kier alpha value is -2.39. The molecule has 0 saturated carbocycles. The number of aryl methyl sites for hydroxylation is 1. The van der Waals surface area contributed by atoms with Crippen molar-refractivity contribution in [2.75, 3.05) is 0 Å². The SMILES string of the molecule is Cc1cc(Sc2ccc(Br)cc2)c([N+](=O)[O-])cc1C(=O)N=C(N)N. The highest BCUT2D eigenvalue weighted by atomic mass is 79.9. The highest BCUT2D eigenvalue weighted by molar-refractivity contribution is 9.10. The van der Waals surface area contributed by atoms with Crippen LogP contribution in [0.1, 0.15) is 15.9 Å². The van der Waals surface area contributed by atoms with Crippen molar-refractivity contribution >= 4 is 45.2 Å². The number of nitrogens with two attached hydrogens (primary N) is 2. The van der Waals surface area contributed by atoms with Crippen LogP contribution in [-0.4, -0.2) is 16.8 Å². The van der Waals surface area contributed by atoms with Gasteiger partial charge in [-0.3, -0.25) is 14.9 Å². The van der Waals surface area contributed by atoms with Gasteiger partial charge in [-0.1, -0.05) is 27.7 Å². The minimum atomic E-state index is -0.712. The molecule has 2 rings (SSSR count). The highest BCUT2D eigenvalue weighted by Gasteiger charge is 2.21. The number of nitro benzene ring substituents is 1. The molecule has 0 aliphatic rings. The molecule has 0 heterocycles. The number of halogens is 1. The summed E-state index contributed by atoms with van der Waals surface area (Å²) >= 11 is 4.58. The van der Waals surface area contributed by atoms with Crippen molar-refractivity contribution in [1.82, 2.24) is 0 Å². The van der Waals surface area contributed by atoms with Crippen molar-refractivity contribution in [2.45, 2.75) is 16.7 Å². The number of nitro groups is 1. The minimum Gasteiger partial charge on any atom is -0.370 e. The molecule has 0 aliphatic carbocycles. The van der Waals surface area contributed by atoms with Crippen molar-refractivity contribution in [2.24, 2.45) is 16.5 Å². The molecule has 0 atom stereocenters. The third kappa shape index (κ3) is 4.33. The van der Waals surface area contributed by atoms with Gasteiger partial charge in [0.15, 0.2) is 5.96 Å². The predicted molar refractivity (Wildman–Crippen MR) is 96.2 cm³/mol. The van der Waals surface area contributed by atoms with Gasteiger partial charge in [0, 0.05) is 15.4 Å². The Morgan fingerprint density at radius 2 is 1.88 bits per heavy atom. The van der Waals surface area contributed by atoms with Gasteiger partial charge >= 0.3 is 0 Å². The van der Waals surface area contributed by atoms with Gasteiger partial charge in [-0.05, 0) is 42.8 Å². The molecular weight excluding hydrogens is 396 g/mol. The molecule has 0 fully saturated rings. The minimum absolute atomic E-state index is 0.0928. The lowest BCUT2D eigenvalue weighted by atomic mass is 10.1. The van der Waals surface area contributed by atoms with E-state index >= 15 is 0 Å². The number of benzene rings is 2. The summed E-state index contributed by atoms with van der Waals surface area (Å²) in [6.07, 6.45) is 0. The van der Waals surface area contributed by atoms with E-state index in [1.165, 1.54) is 17.8 Å². The van der Waals surface area contributed by atoms with Gasteiger partial charge in [-0.2, -0.15) is 4.99 Å². The van der Waals surface area contributed by atoms with Crippen LogP contribution in [0.25, 0.3) is 0 Å². The number of guanidine groups is 1. The van der Waals surface area contributed by atoms with E-state index in [0.717, 1.165) is 9.37 Å². The first-order valence-corrected chi connectivity index (χ1v) is 8.25. The number of carbonyl (C=O) groups excluding carboxylic acids is 1. The number of hydrogen-bond donors (Lipinski definition) is 2. The first kappa shape index (κ1) is 18.0. The van der Waals surface area contributed by atoms with E-state index in [0.29, 0.717) is 10.5 Å². The zero-order valence-electron chi connectivity index (χ0n) is 12.5. The Kier molecular flexibility index (Phi) is 5.58. The first-order valence-electron chi connectivity index (χ1n) is 6.64. The lowest BCUT2D eigenvalue weighted by molar-refractivity contribution is -0.387. The lowest BCUT2D eigenvalue weighted by Crippen LogP contribution is -2.24. The molecule has 9 heteroatoms. The Morgan fingerprint density at radius 1 is 1.25 bits per heavy atom. The number of nitrogens with zero attached hydrogens (tertiary/aromatic N) is 2. The second-order valence-electron chi connectivity index (χ2n) is 4.79. The van der Waals surface area contributed by atoms with Gasteiger partial charge in [-0.15, -0.1) is 0 Å². The van der Waals surface area contributed by atoms with Crippen molar-refractivity contribution in [3.8, 4) is 0 Å². The molecule has 0 spiro atoms. The zero-order valence-corrected chi connectivity index (χ0v) is 14.9. The molecule has 0 unspecified atom stereocenters. The summed E-state index contributed by atoms with van der Waals surface area (Å²) in [4.78, 5) is 27.5. The van der Waals surface area contributed by atoms with Crippen molar-refractivity contribution < 1.29 is 9.72 Å². The fourth-order valence-corrected chi connectivity index (χ4v) is 3.20. The Morgan fingerprint density at radius 3 is 2.42 bits per heavy atom. The molecule has 24 heavy (non-hydrogen) atoms. The smallest absolute Gasteiger partial charge is 0.284 e. The first-order chi connectivity index (χ1) is 11.3. The molecule has 0 radical (unpaired) electrons. The maximum absolute atomic E-state index is 12.0. The van der Waals surface area contributed by atoms with Crippen molar-refractivity contribution in [1.29, 1.82) is 0 Å². The monoisotopic (exact) mass is 408 g/mol. The van der Waals surface area contributed by atoms with Crippen LogP contribution < -0.4 is 11.5 Å². The summed E-state index contributed by atoms with van der Waals surface area (Å²) in [5.74, 6) is -1.11. The second kappa shape index (κ2) is 7.45. The predicted octanol–water partition coefficient (Wildman–Crippen LogP) is 3.23. The maximum atomic E-state index is 12.0. The van der Waals surface area contributed by atoms with Gasteiger partial charge in [-0.25, -0.2) is 0 Å². The average molecular weight is 409 g/mol. The third-order valence-corrected chi connectivity index (χ3v) is 4.59. The van der Waals surface area contributed by atoms with Crippen molar-refractivity contribution in [3.63, 3.8) is 0 Å². The maximum Gasteiger partial charge on any atom is 0.284 e. The topological polar surface area (TPSA) is 125 Å². The van der Waals surface area contributed by atoms with Gasteiger partial charge in [0.25, 0.3) is 11.6 Å². The molecule has 124 valence electrons. The molecule has 4 N–H and O–H groups in total. The Labute approximate surface area is 150 Å². The number of rotatable bonds is 4. The molecule has 0 bridgehead atoms. The number of aliphatic imine (C=N–C) groups is 1. The fraction of sp³-hybridized carbons (Fsp3) is 0.0667. The van der Waals surface area contributed by atoms with E-state index in [1.807, 2.05) is 24.3 Å². The van der Waals surface area contributed by atoms with Gasteiger partial charge in [0.2, 0.25) is 0 Å². The van der Waals surface area contributed by atoms with E-state index in [4.69, 9.17) is 11.5 Å². The van der Waals surface area contributed by atoms with Crippen LogP contribution in [-0.2, 0) is 0 Å². The molecule has 2 aromatic rings. The summed E-state index contributed by atoms with van der Waals surface area (Å²) in [6.45, 7) is 1.67. The summed E-state index contributed by atoms with van der Waals surface area (Å²) < 4.78 is 0.913. The van der Waals surface area contributed by atoms with Crippen LogP contribution in [0.4, 0.5) is 5.69 Å². The molecule has 2 aromatic carbocycles. The molecule has 0 aliphatic heterocycles. The van der Waals surface area contributed by atoms with E-state index in [9.17, 15) is 14.9 Å². The zero-order chi connectivity index (χ0) is 17.9. The standard InChI is InChI=1S/C15H13BrN4O3S/c1-8-6-13(24-10-4-2-9(16)3-5-10)12(20(22)23)7-11(8)14(21)19-15(17)18/h2-7H,1H3,(H4,17,18,19,21). The molecule has 7 nitrogen and oxygen atoms in total. The normalized spacial score (nSPS) is 10.2. The molecule has 0 aromatic heterocycles. The fourth-order valence-electron chi connectivity index (χ4n) is 1.93. The average Bonchev–Trinajstić information content (AvgIpc) is 2.48. The van der Waals surface area contributed by atoms with Crippen LogP contribution in [0, 0.1) is 17.0 Å². The summed E-state index contributed by atoms with van der Waals surface area (Å²) in [5, 5.41) is 11.4. The summed E-state index contributed by atoms with van der Waals surface area (Å²) in [5.41, 5.74) is 10.8. The van der Waals surface area contributed by atoms with E-state index < -0.39 is 16.8 Å². The van der Waals surface area contributed by atoms with Gasteiger partial charge in [0.1, 0.15) is 0 Å². The second-order valence-corrected chi connectivity index (χ2v) is 6.82.